The fourth-order valence-corrected chi connectivity index (χ4v) is 2.98. The zero-order valence-corrected chi connectivity index (χ0v) is 14.7. The number of carbonyl (C=O) groups excluding carboxylic acids is 1. The van der Waals surface area contributed by atoms with Crippen LogP contribution in [0.25, 0.3) is 0 Å². The number of methoxy groups -OCH3 is 1. The number of nitrogens with one attached hydrogen (secondary N) is 1. The molecule has 1 aromatic carbocycles. The fourth-order valence-electron chi connectivity index (χ4n) is 2.98. The van der Waals surface area contributed by atoms with Crippen molar-refractivity contribution in [1.82, 2.24) is 15.1 Å². The van der Waals surface area contributed by atoms with Crippen molar-refractivity contribution in [2.45, 2.75) is 32.9 Å². The first-order valence-electron chi connectivity index (χ1n) is 8.15. The molecule has 1 saturated heterocycles. The lowest BCUT2D eigenvalue weighted by molar-refractivity contribution is -0.125. The summed E-state index contributed by atoms with van der Waals surface area (Å²) in [6, 6.07) is 9.88. The van der Waals surface area contributed by atoms with Crippen molar-refractivity contribution in [3.63, 3.8) is 0 Å². The van der Waals surface area contributed by atoms with E-state index in [0.717, 1.165) is 29.4 Å². The van der Waals surface area contributed by atoms with E-state index in [1.165, 1.54) is 0 Å². The van der Waals surface area contributed by atoms with Gasteiger partial charge in [0.1, 0.15) is 11.6 Å². The average molecular weight is 328 g/mol. The molecule has 1 amide bonds. The van der Waals surface area contributed by atoms with Gasteiger partial charge in [-0.1, -0.05) is 12.1 Å². The molecule has 0 unspecified atom stereocenters. The predicted molar refractivity (Wildman–Crippen MR) is 93.5 cm³/mol. The molecular weight excluding hydrogens is 304 g/mol. The largest absolute Gasteiger partial charge is 0.497 e. The van der Waals surface area contributed by atoms with Gasteiger partial charge in [0.2, 0.25) is 5.91 Å². The Morgan fingerprint density at radius 3 is 2.67 bits per heavy atom. The maximum absolute atomic E-state index is 12.8. The van der Waals surface area contributed by atoms with E-state index in [1.54, 1.807) is 7.11 Å². The van der Waals surface area contributed by atoms with Crippen LogP contribution in [0, 0.1) is 6.92 Å². The Balaban J connectivity index is 1.88. The minimum absolute atomic E-state index is 0.0737. The van der Waals surface area contributed by atoms with Gasteiger partial charge in [-0.05, 0) is 38.5 Å². The van der Waals surface area contributed by atoms with Crippen molar-refractivity contribution >= 4 is 11.7 Å². The van der Waals surface area contributed by atoms with Crippen LogP contribution in [0.15, 0.2) is 30.3 Å². The van der Waals surface area contributed by atoms with Gasteiger partial charge in [-0.3, -0.25) is 9.69 Å². The summed E-state index contributed by atoms with van der Waals surface area (Å²) in [5.41, 5.74) is 1.46. The van der Waals surface area contributed by atoms with E-state index in [4.69, 9.17) is 4.74 Å². The molecule has 1 fully saturated rings. The van der Waals surface area contributed by atoms with E-state index in [1.807, 2.05) is 60.7 Å². The predicted octanol–water partition coefficient (Wildman–Crippen LogP) is 1.96. The number of nitrogens with zero attached hydrogens (tertiary/aromatic N) is 3. The van der Waals surface area contributed by atoms with Gasteiger partial charge >= 0.3 is 0 Å². The van der Waals surface area contributed by atoms with Crippen LogP contribution in [0.2, 0.25) is 0 Å². The van der Waals surface area contributed by atoms with Gasteiger partial charge in [0, 0.05) is 19.2 Å². The number of amides is 1. The molecular formula is C18H24N4O2. The van der Waals surface area contributed by atoms with Crippen LogP contribution >= 0.6 is 0 Å². The molecule has 1 N–H and O–H groups in total. The van der Waals surface area contributed by atoms with Crippen LogP contribution in [0.5, 0.6) is 5.75 Å². The van der Waals surface area contributed by atoms with E-state index in [-0.39, 0.29) is 5.91 Å². The first kappa shape index (κ1) is 16.5. The smallest absolute Gasteiger partial charge is 0.247 e. The summed E-state index contributed by atoms with van der Waals surface area (Å²) in [4.78, 5) is 14.6. The molecule has 1 aliphatic heterocycles. The van der Waals surface area contributed by atoms with Crippen molar-refractivity contribution in [1.29, 1.82) is 0 Å². The van der Waals surface area contributed by atoms with Crippen LogP contribution in [0.4, 0.5) is 5.82 Å². The third kappa shape index (κ3) is 3.14. The van der Waals surface area contributed by atoms with Crippen LogP contribution in [0.3, 0.4) is 0 Å². The average Bonchev–Trinajstić information content (AvgIpc) is 2.91. The SMILES string of the molecule is COc1ccc(Cn2nc(C)cc2N2CCNC(C)(C)C2=O)cc1. The Labute approximate surface area is 142 Å². The maximum atomic E-state index is 12.8. The van der Waals surface area contributed by atoms with E-state index in [2.05, 4.69) is 10.4 Å². The third-order valence-corrected chi connectivity index (χ3v) is 4.33. The lowest BCUT2D eigenvalue weighted by Crippen LogP contribution is -2.61. The summed E-state index contributed by atoms with van der Waals surface area (Å²) in [6.45, 7) is 7.81. The Hall–Kier alpha value is -2.34. The van der Waals surface area contributed by atoms with Crippen molar-refractivity contribution < 1.29 is 9.53 Å². The standard InChI is InChI=1S/C18H24N4O2/c1-13-11-16(21-10-9-19-18(2,3)17(21)23)22(20-13)12-14-5-7-15(24-4)8-6-14/h5-8,11,19H,9-10,12H2,1-4H3. The molecule has 0 aliphatic carbocycles. The summed E-state index contributed by atoms with van der Waals surface area (Å²) in [5, 5.41) is 7.84. The van der Waals surface area contributed by atoms with Crippen LogP contribution < -0.4 is 15.0 Å². The van der Waals surface area contributed by atoms with Gasteiger partial charge in [0.25, 0.3) is 0 Å². The summed E-state index contributed by atoms with van der Waals surface area (Å²) in [6.07, 6.45) is 0. The molecule has 1 aliphatic rings. The Morgan fingerprint density at radius 1 is 1.29 bits per heavy atom. The highest BCUT2D eigenvalue weighted by Gasteiger charge is 2.37. The second kappa shape index (κ2) is 6.28. The van der Waals surface area contributed by atoms with Crippen LogP contribution in [-0.2, 0) is 11.3 Å². The molecule has 2 aromatic rings. The number of piperazine rings is 1. The number of aryl methyl sites for hydroxylation is 1. The van der Waals surface area contributed by atoms with E-state index < -0.39 is 5.54 Å². The Morgan fingerprint density at radius 2 is 2.00 bits per heavy atom. The summed E-state index contributed by atoms with van der Waals surface area (Å²) < 4.78 is 7.10. The first-order valence-corrected chi connectivity index (χ1v) is 8.15. The van der Waals surface area contributed by atoms with E-state index in [0.29, 0.717) is 13.1 Å². The molecule has 0 bridgehead atoms. The second-order valence-corrected chi connectivity index (χ2v) is 6.66. The number of hydrogen-bond acceptors (Lipinski definition) is 4. The number of aromatic nitrogens is 2. The zero-order chi connectivity index (χ0) is 17.3. The minimum Gasteiger partial charge on any atom is -0.497 e. The minimum atomic E-state index is -0.554. The molecule has 24 heavy (non-hydrogen) atoms. The van der Waals surface area contributed by atoms with Gasteiger partial charge in [-0.25, -0.2) is 4.68 Å². The molecule has 0 spiro atoms. The topological polar surface area (TPSA) is 59.4 Å². The summed E-state index contributed by atoms with van der Waals surface area (Å²) >= 11 is 0. The Bertz CT molecular complexity index is 734. The lowest BCUT2D eigenvalue weighted by Gasteiger charge is -2.37. The van der Waals surface area contributed by atoms with Crippen molar-refractivity contribution in [3.8, 4) is 5.75 Å². The van der Waals surface area contributed by atoms with Gasteiger partial charge in [0.05, 0.1) is 24.9 Å². The van der Waals surface area contributed by atoms with Crippen molar-refractivity contribution in [2.75, 3.05) is 25.1 Å². The number of anilines is 1. The molecule has 128 valence electrons. The highest BCUT2D eigenvalue weighted by atomic mass is 16.5. The quantitative estimate of drug-likeness (QED) is 0.932. The van der Waals surface area contributed by atoms with E-state index in [9.17, 15) is 4.79 Å². The molecule has 0 saturated carbocycles. The molecule has 2 heterocycles. The fraction of sp³-hybridized carbons (Fsp3) is 0.444. The maximum Gasteiger partial charge on any atom is 0.247 e. The molecule has 0 radical (unpaired) electrons. The van der Waals surface area contributed by atoms with Gasteiger partial charge in [0.15, 0.2) is 0 Å². The van der Waals surface area contributed by atoms with Gasteiger partial charge < -0.3 is 10.1 Å². The highest BCUT2D eigenvalue weighted by molar-refractivity contribution is 5.99. The number of ether oxygens (including phenoxy) is 1. The number of hydrogen-bond donors (Lipinski definition) is 1. The lowest BCUT2D eigenvalue weighted by atomic mass is 10.0. The highest BCUT2D eigenvalue weighted by Crippen LogP contribution is 2.23. The molecule has 0 atom stereocenters. The summed E-state index contributed by atoms with van der Waals surface area (Å²) in [7, 11) is 1.65. The molecule has 6 nitrogen and oxygen atoms in total. The van der Waals surface area contributed by atoms with Crippen molar-refractivity contribution in [3.05, 3.63) is 41.6 Å². The third-order valence-electron chi connectivity index (χ3n) is 4.33. The second-order valence-electron chi connectivity index (χ2n) is 6.66. The Kier molecular flexibility index (Phi) is 4.32. The first-order chi connectivity index (χ1) is 11.4. The number of carbonyl (C=O) groups is 1. The zero-order valence-electron chi connectivity index (χ0n) is 14.7. The normalized spacial score (nSPS) is 17.2. The van der Waals surface area contributed by atoms with Crippen molar-refractivity contribution in [2.24, 2.45) is 0 Å². The molecule has 3 rings (SSSR count). The molecule has 1 aromatic heterocycles. The monoisotopic (exact) mass is 328 g/mol. The number of rotatable bonds is 4. The molecule has 6 heteroatoms. The van der Waals surface area contributed by atoms with Gasteiger partial charge in [-0.15, -0.1) is 0 Å². The van der Waals surface area contributed by atoms with Crippen LogP contribution in [0.1, 0.15) is 25.1 Å². The number of benzene rings is 1. The summed E-state index contributed by atoms with van der Waals surface area (Å²) in [5.74, 6) is 1.75. The van der Waals surface area contributed by atoms with Crippen LogP contribution in [-0.4, -0.2) is 41.4 Å². The van der Waals surface area contributed by atoms with E-state index >= 15 is 0 Å². The van der Waals surface area contributed by atoms with Gasteiger partial charge in [-0.2, -0.15) is 5.10 Å².